The van der Waals surface area contributed by atoms with Crippen LogP contribution in [0.25, 0.3) is 0 Å². The van der Waals surface area contributed by atoms with Gasteiger partial charge in [-0.15, -0.1) is 0 Å². The number of likely N-dealkylation sites (N-methyl/N-ethyl adjacent to an activating group) is 1. The van der Waals surface area contributed by atoms with Crippen LogP contribution < -0.4 is 11.1 Å². The molecule has 1 fully saturated rings. The molecule has 1 saturated heterocycles. The monoisotopic (exact) mass is 292 g/mol. The van der Waals surface area contributed by atoms with Crippen molar-refractivity contribution in [1.29, 1.82) is 0 Å². The lowest BCUT2D eigenvalue weighted by molar-refractivity contribution is 0.267. The highest BCUT2D eigenvalue weighted by Crippen LogP contribution is 2.15. The van der Waals surface area contributed by atoms with Crippen LogP contribution in [0.4, 0.5) is 0 Å². The predicted molar refractivity (Wildman–Crippen MR) is 86.3 cm³/mol. The van der Waals surface area contributed by atoms with Gasteiger partial charge in [-0.05, 0) is 39.8 Å². The number of nitrogens with zero attached hydrogens (tertiary/aromatic N) is 4. The maximum absolute atomic E-state index is 5.99. The number of likely N-dealkylation sites (tertiary alicyclic amines) is 1. The molecule has 0 aromatic carbocycles. The maximum atomic E-state index is 5.99. The fourth-order valence-electron chi connectivity index (χ4n) is 3.03. The first-order chi connectivity index (χ1) is 10.0. The molecule has 1 unspecified atom stereocenters. The van der Waals surface area contributed by atoms with Gasteiger partial charge >= 0.3 is 0 Å². The summed E-state index contributed by atoms with van der Waals surface area (Å²) in [4.78, 5) is 6.95. The molecule has 118 valence electrons. The molecule has 1 aliphatic rings. The number of nitrogens with two attached hydrogens (primary N) is 1. The number of rotatable bonds is 5. The van der Waals surface area contributed by atoms with Gasteiger partial charge in [0.1, 0.15) is 0 Å². The number of hydrogen-bond donors (Lipinski definition) is 2. The molecular weight excluding hydrogens is 264 g/mol. The molecule has 1 aromatic heterocycles. The Morgan fingerprint density at radius 2 is 2.24 bits per heavy atom. The van der Waals surface area contributed by atoms with Crippen molar-refractivity contribution < 1.29 is 0 Å². The van der Waals surface area contributed by atoms with Gasteiger partial charge < -0.3 is 11.1 Å². The molecule has 0 aliphatic carbocycles. The molecule has 6 heteroatoms. The second-order valence-electron chi connectivity index (χ2n) is 5.78. The van der Waals surface area contributed by atoms with Gasteiger partial charge in [0.15, 0.2) is 5.96 Å². The minimum atomic E-state index is 0.528. The second kappa shape index (κ2) is 6.93. The first-order valence-electron chi connectivity index (χ1n) is 7.79. The van der Waals surface area contributed by atoms with Gasteiger partial charge in [-0.25, -0.2) is 4.99 Å². The summed E-state index contributed by atoms with van der Waals surface area (Å²) in [6, 6.07) is 0.589. The van der Waals surface area contributed by atoms with Crippen LogP contribution in [0, 0.1) is 13.8 Å². The summed E-state index contributed by atoms with van der Waals surface area (Å²) in [6.45, 7) is 10.1. The number of nitrogens with one attached hydrogen (secondary N) is 1. The van der Waals surface area contributed by atoms with Gasteiger partial charge in [0, 0.05) is 30.9 Å². The molecule has 0 bridgehead atoms. The van der Waals surface area contributed by atoms with Crippen molar-refractivity contribution >= 4 is 5.96 Å². The molecule has 1 aliphatic heterocycles. The lowest BCUT2D eigenvalue weighted by atomic mass is 10.2. The zero-order valence-electron chi connectivity index (χ0n) is 13.7. The summed E-state index contributed by atoms with van der Waals surface area (Å²) < 4.78 is 1.89. The predicted octanol–water partition coefficient (Wildman–Crippen LogP) is 0.926. The van der Waals surface area contributed by atoms with Crippen LogP contribution in [-0.4, -0.2) is 46.3 Å². The molecule has 21 heavy (non-hydrogen) atoms. The minimum absolute atomic E-state index is 0.528. The third-order valence-corrected chi connectivity index (χ3v) is 4.49. The zero-order chi connectivity index (χ0) is 15.4. The minimum Gasteiger partial charge on any atom is -0.370 e. The Morgan fingerprint density at radius 3 is 2.86 bits per heavy atom. The van der Waals surface area contributed by atoms with E-state index in [0.717, 1.165) is 24.5 Å². The van der Waals surface area contributed by atoms with E-state index in [4.69, 9.17) is 5.73 Å². The van der Waals surface area contributed by atoms with Crippen molar-refractivity contribution in [3.63, 3.8) is 0 Å². The molecular formula is C15H28N6. The first kappa shape index (κ1) is 15.8. The average Bonchev–Trinajstić information content (AvgIpc) is 3.00. The third kappa shape index (κ3) is 3.75. The van der Waals surface area contributed by atoms with E-state index in [2.05, 4.69) is 34.2 Å². The van der Waals surface area contributed by atoms with E-state index in [1.165, 1.54) is 24.9 Å². The number of guanidine groups is 1. The number of aliphatic imine (C=N–C) groups is 1. The van der Waals surface area contributed by atoms with Gasteiger partial charge in [-0.1, -0.05) is 6.92 Å². The van der Waals surface area contributed by atoms with Crippen LogP contribution in [-0.2, 0) is 13.6 Å². The van der Waals surface area contributed by atoms with Gasteiger partial charge in [0.2, 0.25) is 0 Å². The highest BCUT2D eigenvalue weighted by atomic mass is 15.3. The highest BCUT2D eigenvalue weighted by molar-refractivity contribution is 5.77. The summed E-state index contributed by atoms with van der Waals surface area (Å²) in [7, 11) is 1.95. The van der Waals surface area contributed by atoms with Crippen molar-refractivity contribution in [3.8, 4) is 0 Å². The van der Waals surface area contributed by atoms with E-state index in [1.807, 2.05) is 18.7 Å². The average molecular weight is 292 g/mol. The van der Waals surface area contributed by atoms with Crippen molar-refractivity contribution in [2.75, 3.05) is 19.6 Å². The number of aryl methyl sites for hydroxylation is 2. The van der Waals surface area contributed by atoms with Crippen LogP contribution in [0.1, 0.15) is 36.7 Å². The van der Waals surface area contributed by atoms with Crippen LogP contribution in [0.15, 0.2) is 4.99 Å². The Kier molecular flexibility index (Phi) is 5.22. The van der Waals surface area contributed by atoms with Crippen LogP contribution >= 0.6 is 0 Å². The van der Waals surface area contributed by atoms with Gasteiger partial charge in [0.25, 0.3) is 0 Å². The van der Waals surface area contributed by atoms with Crippen LogP contribution in [0.3, 0.4) is 0 Å². The molecule has 3 N–H and O–H groups in total. The SMILES string of the molecule is CCN1CCCC1CNC(N)=NCc1c(C)nn(C)c1C. The third-order valence-electron chi connectivity index (χ3n) is 4.49. The Morgan fingerprint density at radius 1 is 1.48 bits per heavy atom. The van der Waals surface area contributed by atoms with Gasteiger partial charge in [0.05, 0.1) is 12.2 Å². The molecule has 2 heterocycles. The van der Waals surface area contributed by atoms with Crippen molar-refractivity contribution in [2.24, 2.45) is 17.8 Å². The second-order valence-corrected chi connectivity index (χ2v) is 5.78. The summed E-state index contributed by atoms with van der Waals surface area (Å²) in [5.74, 6) is 0.528. The molecule has 0 radical (unpaired) electrons. The summed E-state index contributed by atoms with van der Waals surface area (Å²) in [5.41, 5.74) is 9.33. The summed E-state index contributed by atoms with van der Waals surface area (Å²) in [5, 5.41) is 7.66. The van der Waals surface area contributed by atoms with E-state index in [1.54, 1.807) is 0 Å². The highest BCUT2D eigenvalue weighted by Gasteiger charge is 2.22. The maximum Gasteiger partial charge on any atom is 0.188 e. The molecule has 0 spiro atoms. The van der Waals surface area contributed by atoms with E-state index >= 15 is 0 Å². The number of aromatic nitrogens is 2. The molecule has 6 nitrogen and oxygen atoms in total. The fourth-order valence-corrected chi connectivity index (χ4v) is 3.03. The van der Waals surface area contributed by atoms with Crippen molar-refractivity contribution in [3.05, 3.63) is 17.0 Å². The van der Waals surface area contributed by atoms with Gasteiger partial charge in [-0.2, -0.15) is 5.10 Å². The van der Waals surface area contributed by atoms with E-state index in [9.17, 15) is 0 Å². The van der Waals surface area contributed by atoms with Crippen LogP contribution in [0.5, 0.6) is 0 Å². The molecule has 1 aromatic rings. The molecule has 0 saturated carbocycles. The Balaban J connectivity index is 1.87. The normalized spacial score (nSPS) is 20.2. The topological polar surface area (TPSA) is 71.5 Å². The van der Waals surface area contributed by atoms with E-state index in [-0.39, 0.29) is 0 Å². The van der Waals surface area contributed by atoms with Crippen LogP contribution in [0.2, 0.25) is 0 Å². The van der Waals surface area contributed by atoms with Gasteiger partial charge in [-0.3, -0.25) is 9.58 Å². The standard InChI is InChI=1S/C15H28N6/c1-5-21-8-6-7-13(21)9-17-15(16)18-10-14-11(2)19-20(4)12(14)3/h13H,5-10H2,1-4H3,(H3,16,17,18). The summed E-state index contributed by atoms with van der Waals surface area (Å²) >= 11 is 0. The molecule has 2 rings (SSSR count). The fraction of sp³-hybridized carbons (Fsp3) is 0.733. The Bertz CT molecular complexity index is 505. The lowest BCUT2D eigenvalue weighted by Gasteiger charge is -2.23. The quantitative estimate of drug-likeness (QED) is 0.625. The van der Waals surface area contributed by atoms with E-state index < -0.39 is 0 Å². The number of hydrogen-bond acceptors (Lipinski definition) is 3. The smallest absolute Gasteiger partial charge is 0.188 e. The van der Waals surface area contributed by atoms with Crippen molar-refractivity contribution in [1.82, 2.24) is 20.0 Å². The zero-order valence-corrected chi connectivity index (χ0v) is 13.7. The van der Waals surface area contributed by atoms with E-state index in [0.29, 0.717) is 18.5 Å². The first-order valence-corrected chi connectivity index (χ1v) is 7.79. The summed E-state index contributed by atoms with van der Waals surface area (Å²) in [6.07, 6.45) is 2.53. The Hall–Kier alpha value is -1.56. The largest absolute Gasteiger partial charge is 0.370 e. The Labute approximate surface area is 127 Å². The molecule has 1 atom stereocenters. The van der Waals surface area contributed by atoms with Crippen molar-refractivity contribution in [2.45, 2.75) is 46.2 Å². The lowest BCUT2D eigenvalue weighted by Crippen LogP contribution is -2.42. The molecule has 0 amide bonds.